The molecule has 0 unspecified atom stereocenters. The standard InChI is InChI=1S/C14H22N4O3/c1-9(2)5-7-18-8-6-12(17-18)16-13(19)10-3-4-11(15-10)14(20)21/h6,8-11,15H,3-5,7H2,1-2H3,(H,20,21)(H,16,17,19)/t10-,11+/m1/s1. The second-order valence-corrected chi connectivity index (χ2v) is 5.82. The lowest BCUT2D eigenvalue weighted by atomic mass is 10.1. The van der Waals surface area contributed by atoms with Crippen LogP contribution < -0.4 is 10.6 Å². The van der Waals surface area contributed by atoms with Crippen molar-refractivity contribution in [3.63, 3.8) is 0 Å². The van der Waals surface area contributed by atoms with E-state index < -0.39 is 18.1 Å². The lowest BCUT2D eigenvalue weighted by Crippen LogP contribution is -2.42. The average Bonchev–Trinajstić information content (AvgIpc) is 3.05. The lowest BCUT2D eigenvalue weighted by Gasteiger charge is -2.11. The number of carbonyl (C=O) groups is 2. The second-order valence-electron chi connectivity index (χ2n) is 5.82. The molecule has 2 heterocycles. The Hall–Kier alpha value is -1.89. The minimum atomic E-state index is -0.914. The molecule has 1 aliphatic heterocycles. The molecule has 0 radical (unpaired) electrons. The van der Waals surface area contributed by atoms with Crippen LogP contribution in [0.25, 0.3) is 0 Å². The van der Waals surface area contributed by atoms with Gasteiger partial charge in [-0.2, -0.15) is 5.10 Å². The monoisotopic (exact) mass is 294 g/mol. The van der Waals surface area contributed by atoms with Gasteiger partial charge in [-0.1, -0.05) is 13.8 Å². The highest BCUT2D eigenvalue weighted by atomic mass is 16.4. The number of hydrogen-bond donors (Lipinski definition) is 3. The third kappa shape index (κ3) is 4.29. The molecule has 1 saturated heterocycles. The summed E-state index contributed by atoms with van der Waals surface area (Å²) < 4.78 is 1.80. The first kappa shape index (κ1) is 15.5. The topological polar surface area (TPSA) is 96.2 Å². The number of hydrogen-bond acceptors (Lipinski definition) is 4. The molecular weight excluding hydrogens is 272 g/mol. The van der Waals surface area contributed by atoms with Gasteiger partial charge in [-0.25, -0.2) is 0 Å². The molecule has 1 aliphatic rings. The summed E-state index contributed by atoms with van der Waals surface area (Å²) in [6.45, 7) is 5.12. The van der Waals surface area contributed by atoms with Crippen molar-refractivity contribution in [1.82, 2.24) is 15.1 Å². The summed E-state index contributed by atoms with van der Waals surface area (Å²) in [6, 6.07) is 0.651. The number of carboxylic acid groups (broad SMARTS) is 1. The third-order valence-corrected chi connectivity index (χ3v) is 3.59. The van der Waals surface area contributed by atoms with E-state index in [1.54, 1.807) is 10.7 Å². The normalized spacial score (nSPS) is 21.7. The van der Waals surface area contributed by atoms with E-state index in [0.29, 0.717) is 24.6 Å². The molecule has 0 aromatic carbocycles. The highest BCUT2D eigenvalue weighted by Crippen LogP contribution is 2.14. The van der Waals surface area contributed by atoms with E-state index in [1.165, 1.54) is 0 Å². The minimum absolute atomic E-state index is 0.229. The summed E-state index contributed by atoms with van der Waals surface area (Å²) in [5.74, 6) is -0.0386. The maximum Gasteiger partial charge on any atom is 0.320 e. The fraction of sp³-hybridized carbons (Fsp3) is 0.643. The zero-order valence-electron chi connectivity index (χ0n) is 12.4. The number of carbonyl (C=O) groups excluding carboxylic acids is 1. The maximum absolute atomic E-state index is 12.0. The first-order valence-corrected chi connectivity index (χ1v) is 7.29. The van der Waals surface area contributed by atoms with Crippen LogP contribution in [0.5, 0.6) is 0 Å². The van der Waals surface area contributed by atoms with Gasteiger partial charge >= 0.3 is 5.97 Å². The molecule has 3 N–H and O–H groups in total. The molecule has 21 heavy (non-hydrogen) atoms. The zero-order chi connectivity index (χ0) is 15.4. The molecular formula is C14H22N4O3. The van der Waals surface area contributed by atoms with E-state index in [4.69, 9.17) is 5.11 Å². The Kier molecular flexibility index (Phi) is 4.95. The number of nitrogens with one attached hydrogen (secondary N) is 2. The molecule has 2 atom stereocenters. The third-order valence-electron chi connectivity index (χ3n) is 3.59. The van der Waals surface area contributed by atoms with Crippen molar-refractivity contribution in [2.45, 2.75) is 51.7 Å². The predicted molar refractivity (Wildman–Crippen MR) is 77.9 cm³/mol. The van der Waals surface area contributed by atoms with Gasteiger partial charge in [0.25, 0.3) is 0 Å². The molecule has 116 valence electrons. The van der Waals surface area contributed by atoms with E-state index in [9.17, 15) is 9.59 Å². The molecule has 1 aromatic rings. The highest BCUT2D eigenvalue weighted by molar-refractivity contribution is 5.94. The Bertz CT molecular complexity index is 512. The van der Waals surface area contributed by atoms with Gasteiger partial charge < -0.3 is 10.4 Å². The van der Waals surface area contributed by atoms with Crippen LogP contribution in [0, 0.1) is 5.92 Å². The Balaban J connectivity index is 1.84. The largest absolute Gasteiger partial charge is 0.480 e. The SMILES string of the molecule is CC(C)CCn1ccc(NC(=O)[C@H]2CC[C@@H](C(=O)O)N2)n1. The molecule has 1 aromatic heterocycles. The zero-order valence-corrected chi connectivity index (χ0v) is 12.4. The molecule has 1 fully saturated rings. The van der Waals surface area contributed by atoms with Gasteiger partial charge in [-0.15, -0.1) is 0 Å². The Labute approximate surface area is 123 Å². The van der Waals surface area contributed by atoms with Crippen LogP contribution in [0.2, 0.25) is 0 Å². The molecule has 0 spiro atoms. The molecule has 0 bridgehead atoms. The van der Waals surface area contributed by atoms with Gasteiger partial charge in [0.1, 0.15) is 6.04 Å². The number of anilines is 1. The van der Waals surface area contributed by atoms with Crippen molar-refractivity contribution in [1.29, 1.82) is 0 Å². The van der Waals surface area contributed by atoms with E-state index in [1.807, 2.05) is 6.20 Å². The van der Waals surface area contributed by atoms with Crippen molar-refractivity contribution < 1.29 is 14.7 Å². The van der Waals surface area contributed by atoms with Crippen molar-refractivity contribution in [2.24, 2.45) is 5.92 Å². The summed E-state index contributed by atoms with van der Waals surface area (Å²) in [6.07, 6.45) is 3.85. The molecule has 7 nitrogen and oxygen atoms in total. The number of amides is 1. The number of rotatable bonds is 6. The van der Waals surface area contributed by atoms with Crippen molar-refractivity contribution in [3.05, 3.63) is 12.3 Å². The summed E-state index contributed by atoms with van der Waals surface area (Å²) in [4.78, 5) is 22.9. The smallest absolute Gasteiger partial charge is 0.320 e. The summed E-state index contributed by atoms with van der Waals surface area (Å²) in [5, 5.41) is 18.7. The van der Waals surface area contributed by atoms with Crippen LogP contribution in [-0.2, 0) is 16.1 Å². The Morgan fingerprint density at radius 2 is 2.19 bits per heavy atom. The highest BCUT2D eigenvalue weighted by Gasteiger charge is 2.33. The Morgan fingerprint density at radius 3 is 2.81 bits per heavy atom. The van der Waals surface area contributed by atoms with Crippen LogP contribution >= 0.6 is 0 Å². The van der Waals surface area contributed by atoms with Gasteiger partial charge in [-0.05, 0) is 25.2 Å². The van der Waals surface area contributed by atoms with E-state index in [-0.39, 0.29) is 5.91 Å². The molecule has 0 saturated carbocycles. The first-order chi connectivity index (χ1) is 9.95. The fourth-order valence-corrected chi connectivity index (χ4v) is 2.30. The van der Waals surface area contributed by atoms with Crippen LogP contribution in [0.4, 0.5) is 5.82 Å². The Morgan fingerprint density at radius 1 is 1.48 bits per heavy atom. The average molecular weight is 294 g/mol. The van der Waals surface area contributed by atoms with E-state index >= 15 is 0 Å². The van der Waals surface area contributed by atoms with Gasteiger partial charge in [-0.3, -0.25) is 19.6 Å². The summed E-state index contributed by atoms with van der Waals surface area (Å²) in [5.41, 5.74) is 0. The first-order valence-electron chi connectivity index (χ1n) is 7.29. The van der Waals surface area contributed by atoms with Gasteiger partial charge in [0.2, 0.25) is 5.91 Å². The van der Waals surface area contributed by atoms with Crippen molar-refractivity contribution in [3.8, 4) is 0 Å². The van der Waals surface area contributed by atoms with E-state index in [2.05, 4.69) is 29.6 Å². The fourth-order valence-electron chi connectivity index (χ4n) is 2.30. The number of nitrogens with zero attached hydrogens (tertiary/aromatic N) is 2. The number of carboxylic acids is 1. The maximum atomic E-state index is 12.0. The van der Waals surface area contributed by atoms with E-state index in [0.717, 1.165) is 13.0 Å². The molecule has 0 aliphatic carbocycles. The second kappa shape index (κ2) is 6.71. The van der Waals surface area contributed by atoms with Gasteiger partial charge in [0.15, 0.2) is 5.82 Å². The molecule has 7 heteroatoms. The van der Waals surface area contributed by atoms with Crippen molar-refractivity contribution in [2.75, 3.05) is 5.32 Å². The van der Waals surface area contributed by atoms with Crippen molar-refractivity contribution >= 4 is 17.7 Å². The van der Waals surface area contributed by atoms with Crippen LogP contribution in [-0.4, -0.2) is 38.8 Å². The number of aromatic nitrogens is 2. The minimum Gasteiger partial charge on any atom is -0.480 e. The van der Waals surface area contributed by atoms with Crippen LogP contribution in [0.3, 0.4) is 0 Å². The summed E-state index contributed by atoms with van der Waals surface area (Å²) in [7, 11) is 0. The quantitative estimate of drug-likeness (QED) is 0.729. The predicted octanol–water partition coefficient (Wildman–Crippen LogP) is 1.07. The lowest BCUT2D eigenvalue weighted by molar-refractivity contribution is -0.139. The van der Waals surface area contributed by atoms with Gasteiger partial charge in [0.05, 0.1) is 6.04 Å². The van der Waals surface area contributed by atoms with Gasteiger partial charge in [0, 0.05) is 18.8 Å². The van der Waals surface area contributed by atoms with Crippen LogP contribution in [0.1, 0.15) is 33.1 Å². The number of aliphatic carboxylic acids is 1. The molecule has 2 rings (SSSR count). The summed E-state index contributed by atoms with van der Waals surface area (Å²) >= 11 is 0. The molecule has 1 amide bonds. The van der Waals surface area contributed by atoms with Crippen LogP contribution in [0.15, 0.2) is 12.3 Å². The number of aryl methyl sites for hydroxylation is 1.